The van der Waals surface area contributed by atoms with E-state index in [0.717, 1.165) is 10.9 Å². The van der Waals surface area contributed by atoms with Crippen LogP contribution in [0.4, 0.5) is 0 Å². The van der Waals surface area contributed by atoms with Crippen molar-refractivity contribution in [2.24, 2.45) is 0 Å². The molecule has 1 heterocycles. The van der Waals surface area contributed by atoms with Crippen molar-refractivity contribution in [1.82, 2.24) is 4.98 Å². The number of aromatic amines is 1. The molecule has 1 aromatic heterocycles. The predicted molar refractivity (Wildman–Crippen MR) is 59.9 cm³/mol. The highest BCUT2D eigenvalue weighted by molar-refractivity contribution is 5.88. The maximum atomic E-state index is 11.4. The number of benzene rings is 1. The highest BCUT2D eigenvalue weighted by Gasteiger charge is 2.21. The van der Waals surface area contributed by atoms with Gasteiger partial charge in [0.2, 0.25) is 0 Å². The molecule has 0 spiro atoms. The molecule has 0 aliphatic carbocycles. The molecule has 0 unspecified atom stereocenters. The summed E-state index contributed by atoms with van der Waals surface area (Å²) >= 11 is 0. The lowest BCUT2D eigenvalue weighted by Gasteiger charge is -2.08. The number of para-hydroxylation sites is 1. The Morgan fingerprint density at radius 3 is 3.00 bits per heavy atom. The van der Waals surface area contributed by atoms with Gasteiger partial charge in [0.1, 0.15) is 0 Å². The molecule has 4 heteroatoms. The Kier molecular flexibility index (Phi) is 2.92. The molecule has 2 aromatic rings. The Balaban J connectivity index is 2.36. The van der Waals surface area contributed by atoms with Crippen molar-refractivity contribution in [1.29, 1.82) is 0 Å². The van der Waals surface area contributed by atoms with E-state index in [0.29, 0.717) is 5.56 Å². The van der Waals surface area contributed by atoms with Crippen LogP contribution in [0, 0.1) is 0 Å². The molecule has 0 radical (unpaired) electrons. The summed E-state index contributed by atoms with van der Waals surface area (Å²) in [5.41, 5.74) is 1.44. The van der Waals surface area contributed by atoms with Crippen LogP contribution in [0.1, 0.15) is 18.6 Å². The summed E-state index contributed by atoms with van der Waals surface area (Å²) in [6, 6.07) is 7.48. The monoisotopic (exact) mass is 219 g/mol. The molecule has 0 amide bonds. The third-order valence-electron chi connectivity index (χ3n) is 2.43. The molecule has 0 fully saturated rings. The van der Waals surface area contributed by atoms with Crippen LogP contribution in [0.25, 0.3) is 10.9 Å². The molecule has 1 atom stereocenters. The van der Waals surface area contributed by atoms with E-state index in [9.17, 15) is 9.90 Å². The lowest BCUT2D eigenvalue weighted by atomic mass is 10.1. The topological polar surface area (TPSA) is 62.3 Å². The van der Waals surface area contributed by atoms with Crippen LogP contribution in [-0.2, 0) is 9.53 Å². The molecule has 1 aromatic carbocycles. The molecule has 16 heavy (non-hydrogen) atoms. The number of nitrogens with one attached hydrogen (secondary N) is 1. The van der Waals surface area contributed by atoms with Gasteiger partial charge in [-0.3, -0.25) is 0 Å². The van der Waals surface area contributed by atoms with Gasteiger partial charge in [-0.25, -0.2) is 4.79 Å². The molecule has 0 bridgehead atoms. The highest BCUT2D eigenvalue weighted by atomic mass is 16.5. The molecule has 2 rings (SSSR count). The van der Waals surface area contributed by atoms with Crippen LogP contribution in [0.2, 0.25) is 0 Å². The number of rotatable bonds is 3. The fraction of sp³-hybridized carbons (Fsp3) is 0.250. The van der Waals surface area contributed by atoms with E-state index < -0.39 is 12.1 Å². The summed E-state index contributed by atoms with van der Waals surface area (Å²) < 4.78 is 4.77. The number of aromatic nitrogens is 1. The molecular formula is C12H13NO3. The van der Waals surface area contributed by atoms with E-state index in [1.807, 2.05) is 24.3 Å². The van der Waals surface area contributed by atoms with Gasteiger partial charge in [0.25, 0.3) is 0 Å². The van der Waals surface area contributed by atoms with Crippen molar-refractivity contribution in [2.75, 3.05) is 6.61 Å². The average molecular weight is 219 g/mol. The lowest BCUT2D eigenvalue weighted by molar-refractivity contribution is -0.153. The SMILES string of the molecule is CCOC(=O)[C@@H](O)c1c[nH]c2ccccc12. The number of aliphatic hydroxyl groups excluding tert-OH is 1. The number of hydrogen-bond donors (Lipinski definition) is 2. The maximum absolute atomic E-state index is 11.4. The summed E-state index contributed by atoms with van der Waals surface area (Å²) in [5.74, 6) is -0.618. The summed E-state index contributed by atoms with van der Waals surface area (Å²) in [5, 5.41) is 10.6. The van der Waals surface area contributed by atoms with Crippen LogP contribution in [0.15, 0.2) is 30.5 Å². The quantitative estimate of drug-likeness (QED) is 0.773. The third-order valence-corrected chi connectivity index (χ3v) is 2.43. The minimum Gasteiger partial charge on any atom is -0.464 e. The van der Waals surface area contributed by atoms with Gasteiger partial charge >= 0.3 is 5.97 Å². The van der Waals surface area contributed by atoms with Gasteiger partial charge in [0.05, 0.1) is 6.61 Å². The van der Waals surface area contributed by atoms with Gasteiger partial charge in [-0.15, -0.1) is 0 Å². The van der Waals surface area contributed by atoms with Crippen LogP contribution >= 0.6 is 0 Å². The number of hydrogen-bond acceptors (Lipinski definition) is 3. The first kappa shape index (κ1) is 10.7. The zero-order chi connectivity index (χ0) is 11.5. The van der Waals surface area contributed by atoms with E-state index >= 15 is 0 Å². The van der Waals surface area contributed by atoms with E-state index in [4.69, 9.17) is 4.74 Å². The fourth-order valence-electron chi connectivity index (χ4n) is 1.67. The molecule has 0 aliphatic rings. The summed E-state index contributed by atoms with van der Waals surface area (Å²) in [4.78, 5) is 14.4. The summed E-state index contributed by atoms with van der Waals surface area (Å²) in [6.07, 6.45) is 0.405. The first-order valence-electron chi connectivity index (χ1n) is 5.14. The first-order chi connectivity index (χ1) is 7.74. The van der Waals surface area contributed by atoms with Crippen molar-refractivity contribution in [3.05, 3.63) is 36.0 Å². The minimum absolute atomic E-state index is 0.262. The van der Waals surface area contributed by atoms with Gasteiger partial charge in [0, 0.05) is 22.7 Å². The Morgan fingerprint density at radius 2 is 2.25 bits per heavy atom. The Bertz CT molecular complexity index is 504. The van der Waals surface area contributed by atoms with Crippen LogP contribution in [-0.4, -0.2) is 22.7 Å². The Labute approximate surface area is 92.9 Å². The standard InChI is InChI=1S/C12H13NO3/c1-2-16-12(15)11(14)9-7-13-10-6-4-3-5-8(9)10/h3-7,11,13-14H,2H2,1H3/t11-/m0/s1. The number of ether oxygens (including phenoxy) is 1. The van der Waals surface area contributed by atoms with Crippen molar-refractivity contribution in [3.63, 3.8) is 0 Å². The zero-order valence-corrected chi connectivity index (χ0v) is 8.93. The minimum atomic E-state index is -1.23. The number of H-pyrrole nitrogens is 1. The van der Waals surface area contributed by atoms with E-state index in [1.165, 1.54) is 0 Å². The molecule has 4 nitrogen and oxygen atoms in total. The fourth-order valence-corrected chi connectivity index (χ4v) is 1.67. The smallest absolute Gasteiger partial charge is 0.339 e. The van der Waals surface area contributed by atoms with Gasteiger partial charge in [0.15, 0.2) is 6.10 Å². The number of fused-ring (bicyclic) bond motifs is 1. The maximum Gasteiger partial charge on any atom is 0.339 e. The van der Waals surface area contributed by atoms with E-state index in [-0.39, 0.29) is 6.61 Å². The normalized spacial score (nSPS) is 12.6. The first-order valence-corrected chi connectivity index (χ1v) is 5.14. The summed E-state index contributed by atoms with van der Waals surface area (Å²) in [7, 11) is 0. The lowest BCUT2D eigenvalue weighted by Crippen LogP contribution is -2.14. The average Bonchev–Trinajstić information content (AvgIpc) is 2.72. The van der Waals surface area contributed by atoms with Gasteiger partial charge in [-0.1, -0.05) is 18.2 Å². The van der Waals surface area contributed by atoms with Crippen molar-refractivity contribution >= 4 is 16.9 Å². The predicted octanol–water partition coefficient (Wildman–Crippen LogP) is 1.76. The molecule has 0 saturated heterocycles. The number of carbonyl (C=O) groups excluding carboxylic acids is 1. The third kappa shape index (κ3) is 1.79. The van der Waals surface area contributed by atoms with Crippen LogP contribution in [0.3, 0.4) is 0 Å². The van der Waals surface area contributed by atoms with E-state index in [2.05, 4.69) is 4.98 Å². The Hall–Kier alpha value is -1.81. The largest absolute Gasteiger partial charge is 0.464 e. The number of esters is 1. The number of aliphatic hydroxyl groups is 1. The van der Waals surface area contributed by atoms with Crippen molar-refractivity contribution in [2.45, 2.75) is 13.0 Å². The molecule has 84 valence electrons. The molecule has 2 N–H and O–H groups in total. The summed E-state index contributed by atoms with van der Waals surface area (Å²) in [6.45, 7) is 1.97. The van der Waals surface area contributed by atoms with Gasteiger partial charge in [-0.05, 0) is 13.0 Å². The second kappa shape index (κ2) is 4.37. The van der Waals surface area contributed by atoms with Crippen molar-refractivity contribution < 1.29 is 14.6 Å². The number of carbonyl (C=O) groups is 1. The van der Waals surface area contributed by atoms with Gasteiger partial charge < -0.3 is 14.8 Å². The molecular weight excluding hydrogens is 206 g/mol. The van der Waals surface area contributed by atoms with Crippen molar-refractivity contribution in [3.8, 4) is 0 Å². The van der Waals surface area contributed by atoms with E-state index in [1.54, 1.807) is 13.1 Å². The second-order valence-corrected chi connectivity index (χ2v) is 3.44. The highest BCUT2D eigenvalue weighted by Crippen LogP contribution is 2.24. The van der Waals surface area contributed by atoms with Crippen LogP contribution < -0.4 is 0 Å². The second-order valence-electron chi connectivity index (χ2n) is 3.44. The zero-order valence-electron chi connectivity index (χ0n) is 8.93. The molecule has 0 aliphatic heterocycles. The Morgan fingerprint density at radius 1 is 1.50 bits per heavy atom. The van der Waals surface area contributed by atoms with Gasteiger partial charge in [-0.2, -0.15) is 0 Å². The van der Waals surface area contributed by atoms with Crippen LogP contribution in [0.5, 0.6) is 0 Å². The molecule has 0 saturated carbocycles.